The van der Waals surface area contributed by atoms with Crippen molar-refractivity contribution in [3.8, 4) is 33.6 Å². The number of benzene rings is 11. The molecule has 15 rings (SSSR count). The average molecular weight is 945 g/mol. The molecular formula is C72H52N2. The van der Waals surface area contributed by atoms with Crippen molar-refractivity contribution in [1.29, 1.82) is 0 Å². The maximum atomic E-state index is 2.52. The highest BCUT2D eigenvalue weighted by Gasteiger charge is 2.41. The van der Waals surface area contributed by atoms with Gasteiger partial charge in [-0.15, -0.1) is 0 Å². The number of aromatic nitrogens is 2. The van der Waals surface area contributed by atoms with Gasteiger partial charge in [-0.3, -0.25) is 0 Å². The number of hydrogen-bond donors (Lipinski definition) is 0. The molecule has 0 saturated heterocycles. The van der Waals surface area contributed by atoms with Crippen LogP contribution in [0.25, 0.3) is 123 Å². The SMILES string of the molecule is CC1(C)c2cc(C=Cc3ccc4c(c3)c3ccccc3n4-c3cccc4ccccc34)ccc2-c2cc3c(cc21)-c1ccc(C=Cc2ccc4c(c2)c2ccccc2n4-c2cccc4ccccc24)cc1C3(C)C. The zero-order valence-electron chi connectivity index (χ0n) is 42.0. The summed E-state index contributed by atoms with van der Waals surface area (Å²) in [7, 11) is 0. The zero-order chi connectivity index (χ0) is 49.5. The third-order valence-electron chi connectivity index (χ3n) is 16.9. The second-order valence-electron chi connectivity index (χ2n) is 21.7. The van der Waals surface area contributed by atoms with Crippen LogP contribution < -0.4 is 0 Å². The highest BCUT2D eigenvalue weighted by Crippen LogP contribution is 2.56. The lowest BCUT2D eigenvalue weighted by molar-refractivity contribution is 0.652. The first-order chi connectivity index (χ1) is 36.2. The van der Waals surface area contributed by atoms with E-state index in [1.807, 2.05) is 0 Å². The van der Waals surface area contributed by atoms with Gasteiger partial charge in [0.2, 0.25) is 0 Å². The Hall–Kier alpha value is -8.98. The topological polar surface area (TPSA) is 9.86 Å². The van der Waals surface area contributed by atoms with Crippen molar-refractivity contribution in [2.45, 2.75) is 38.5 Å². The third-order valence-corrected chi connectivity index (χ3v) is 16.9. The van der Waals surface area contributed by atoms with Gasteiger partial charge in [0.1, 0.15) is 0 Å². The molecular weight excluding hydrogens is 893 g/mol. The van der Waals surface area contributed by atoms with Crippen LogP contribution in [0, 0.1) is 0 Å². The molecule has 0 N–H and O–H groups in total. The van der Waals surface area contributed by atoms with E-state index in [0.29, 0.717) is 0 Å². The summed E-state index contributed by atoms with van der Waals surface area (Å²) in [5, 5.41) is 10.1. The monoisotopic (exact) mass is 944 g/mol. The van der Waals surface area contributed by atoms with E-state index in [-0.39, 0.29) is 10.8 Å². The van der Waals surface area contributed by atoms with Crippen LogP contribution in [0.5, 0.6) is 0 Å². The fourth-order valence-corrected chi connectivity index (χ4v) is 13.1. The van der Waals surface area contributed by atoms with Crippen molar-refractivity contribution >= 4 is 89.5 Å². The zero-order valence-corrected chi connectivity index (χ0v) is 42.0. The highest BCUT2D eigenvalue weighted by molar-refractivity contribution is 6.13. The van der Waals surface area contributed by atoms with Crippen LogP contribution in [0.3, 0.4) is 0 Å². The van der Waals surface area contributed by atoms with Crippen LogP contribution in [0.1, 0.15) is 72.2 Å². The van der Waals surface area contributed by atoms with E-state index in [0.717, 1.165) is 0 Å². The molecule has 11 aromatic carbocycles. The van der Waals surface area contributed by atoms with E-state index < -0.39 is 0 Å². The summed E-state index contributed by atoms with van der Waals surface area (Å²) >= 11 is 0. The van der Waals surface area contributed by atoms with Crippen LogP contribution in [-0.4, -0.2) is 9.13 Å². The van der Waals surface area contributed by atoms with Gasteiger partial charge in [-0.2, -0.15) is 0 Å². The standard InChI is InChI=1S/C72H52N2/c1-71(2)61-41-47(29-27-45-33-37-69-59(39-45)55-21-9-11-23-67(55)73(69)65-25-13-17-49-15-5-7-19-51(49)65)31-35-53(61)57-44-64-58(43-63(57)71)54-36-32-48(42-62(54)72(64,3)4)30-28-46-34-38-70-60(40-46)56-22-10-12-24-68(56)74(70)66-26-14-18-50-16-6-8-20-52(50)66/h5-44H,1-4H3. The minimum atomic E-state index is -0.149. The lowest BCUT2D eigenvalue weighted by Gasteiger charge is -2.24. The molecule has 0 atom stereocenters. The van der Waals surface area contributed by atoms with Gasteiger partial charge in [-0.1, -0.05) is 210 Å². The maximum absolute atomic E-state index is 2.52. The Balaban J connectivity index is 0.726. The fourth-order valence-electron chi connectivity index (χ4n) is 13.1. The normalized spacial score (nSPS) is 14.3. The first-order valence-electron chi connectivity index (χ1n) is 26.1. The van der Waals surface area contributed by atoms with Gasteiger partial charge in [0.15, 0.2) is 0 Å². The summed E-state index contributed by atoms with van der Waals surface area (Å²) in [6.45, 7) is 9.63. The molecule has 2 heterocycles. The molecule has 0 unspecified atom stereocenters. The largest absolute Gasteiger partial charge is 0.309 e. The van der Waals surface area contributed by atoms with Crippen molar-refractivity contribution in [2.75, 3.05) is 0 Å². The molecule has 0 amide bonds. The first-order valence-corrected chi connectivity index (χ1v) is 26.1. The first kappa shape index (κ1) is 42.7. The van der Waals surface area contributed by atoms with E-state index in [2.05, 4.69) is 280 Å². The molecule has 74 heavy (non-hydrogen) atoms. The number of fused-ring (bicyclic) bond motifs is 14. The van der Waals surface area contributed by atoms with Crippen LogP contribution in [0.15, 0.2) is 218 Å². The second kappa shape index (κ2) is 15.8. The Bertz CT molecular complexity index is 4300. The maximum Gasteiger partial charge on any atom is 0.0541 e. The summed E-state index contributed by atoms with van der Waals surface area (Å²) in [6, 6.07) is 81.3. The molecule has 0 aliphatic heterocycles. The Morgan fingerprint density at radius 1 is 0.270 bits per heavy atom. The van der Waals surface area contributed by atoms with E-state index in [4.69, 9.17) is 0 Å². The van der Waals surface area contributed by atoms with Gasteiger partial charge in [0, 0.05) is 43.1 Å². The Morgan fingerprint density at radius 3 is 1.05 bits per heavy atom. The molecule has 0 spiro atoms. The molecule has 350 valence electrons. The summed E-state index contributed by atoms with van der Waals surface area (Å²) in [5.74, 6) is 0. The van der Waals surface area contributed by atoms with Crippen LogP contribution in [0.2, 0.25) is 0 Å². The second-order valence-corrected chi connectivity index (χ2v) is 21.7. The van der Waals surface area contributed by atoms with Crippen LogP contribution in [-0.2, 0) is 10.8 Å². The number of para-hydroxylation sites is 2. The molecule has 2 aliphatic carbocycles. The van der Waals surface area contributed by atoms with E-state index in [9.17, 15) is 0 Å². The van der Waals surface area contributed by atoms with Gasteiger partial charge in [0.25, 0.3) is 0 Å². The van der Waals surface area contributed by atoms with Crippen LogP contribution in [0.4, 0.5) is 0 Å². The van der Waals surface area contributed by atoms with Gasteiger partial charge in [0.05, 0.1) is 33.4 Å². The average Bonchev–Trinajstić information content (AvgIpc) is 4.09. The molecule has 2 nitrogen and oxygen atoms in total. The number of rotatable bonds is 6. The predicted molar refractivity (Wildman–Crippen MR) is 316 cm³/mol. The lowest BCUT2D eigenvalue weighted by atomic mass is 9.79. The van der Waals surface area contributed by atoms with Crippen molar-refractivity contribution in [2.24, 2.45) is 0 Å². The summed E-state index contributed by atoms with van der Waals surface area (Å²) in [5.41, 5.74) is 22.8. The Labute approximate surface area is 431 Å². The summed E-state index contributed by atoms with van der Waals surface area (Å²) < 4.78 is 4.86. The molecule has 13 aromatic rings. The molecule has 2 aliphatic rings. The van der Waals surface area contributed by atoms with Gasteiger partial charge in [-0.25, -0.2) is 0 Å². The van der Waals surface area contributed by atoms with Crippen molar-refractivity contribution < 1.29 is 0 Å². The van der Waals surface area contributed by atoms with Crippen molar-refractivity contribution in [3.05, 3.63) is 263 Å². The number of hydrogen-bond acceptors (Lipinski definition) is 0. The quantitative estimate of drug-likeness (QED) is 0.147. The molecule has 0 radical (unpaired) electrons. The molecule has 0 saturated carbocycles. The van der Waals surface area contributed by atoms with E-state index in [1.54, 1.807) is 0 Å². The van der Waals surface area contributed by atoms with Gasteiger partial charge < -0.3 is 9.13 Å². The Kier molecular flexibility index (Phi) is 9.09. The lowest BCUT2D eigenvalue weighted by Crippen LogP contribution is -2.17. The smallest absolute Gasteiger partial charge is 0.0541 e. The van der Waals surface area contributed by atoms with Gasteiger partial charge >= 0.3 is 0 Å². The van der Waals surface area contributed by atoms with E-state index in [1.165, 1.54) is 143 Å². The van der Waals surface area contributed by atoms with Gasteiger partial charge in [-0.05, 0) is 138 Å². The van der Waals surface area contributed by atoms with E-state index >= 15 is 0 Å². The highest BCUT2D eigenvalue weighted by atomic mass is 15.0. The minimum absolute atomic E-state index is 0.149. The Morgan fingerprint density at radius 2 is 0.608 bits per heavy atom. The van der Waals surface area contributed by atoms with Crippen LogP contribution >= 0.6 is 0 Å². The van der Waals surface area contributed by atoms with Crippen molar-refractivity contribution in [3.63, 3.8) is 0 Å². The van der Waals surface area contributed by atoms with Crippen molar-refractivity contribution in [1.82, 2.24) is 9.13 Å². The number of nitrogens with zero attached hydrogens (tertiary/aromatic N) is 2. The molecule has 2 heteroatoms. The summed E-state index contributed by atoms with van der Waals surface area (Å²) in [4.78, 5) is 0. The third kappa shape index (κ3) is 6.24. The summed E-state index contributed by atoms with van der Waals surface area (Å²) in [6.07, 6.45) is 9.15. The molecule has 0 bridgehead atoms. The molecule has 0 fully saturated rings. The fraction of sp³-hybridized carbons (Fsp3) is 0.0833. The minimum Gasteiger partial charge on any atom is -0.309 e. The molecule has 2 aromatic heterocycles. The predicted octanol–water partition coefficient (Wildman–Crippen LogP) is 19.1.